The summed E-state index contributed by atoms with van der Waals surface area (Å²) in [6.45, 7) is 9.34. The third-order valence-corrected chi connectivity index (χ3v) is 2.17. The number of rotatable bonds is 4. The van der Waals surface area contributed by atoms with Crippen molar-refractivity contribution in [3.63, 3.8) is 0 Å². The number of hydrogen-bond donors (Lipinski definition) is 1. The number of epoxide rings is 1. The van der Waals surface area contributed by atoms with Gasteiger partial charge in [-0.3, -0.25) is 0 Å². The van der Waals surface area contributed by atoms with E-state index in [-0.39, 0.29) is 0 Å². The highest BCUT2D eigenvalue weighted by Gasteiger charge is 2.03. The Labute approximate surface area is 96.9 Å². The molecule has 0 aromatic heterocycles. The van der Waals surface area contributed by atoms with Gasteiger partial charge in [-0.1, -0.05) is 24.3 Å². The van der Waals surface area contributed by atoms with E-state index in [9.17, 15) is 5.11 Å². The molecule has 1 aromatic rings. The third-order valence-electron chi connectivity index (χ3n) is 2.17. The van der Waals surface area contributed by atoms with Crippen LogP contribution in [-0.4, -0.2) is 18.3 Å². The van der Waals surface area contributed by atoms with Gasteiger partial charge in [-0.05, 0) is 24.5 Å². The SMILES string of the molecule is C1CO1.C=CCc1cccc(O)c1CC=C. The summed E-state index contributed by atoms with van der Waals surface area (Å²) < 4.78 is 4.50. The van der Waals surface area contributed by atoms with Crippen molar-refractivity contribution in [1.29, 1.82) is 0 Å². The molecule has 1 fully saturated rings. The molecule has 2 heteroatoms. The standard InChI is InChI=1S/C12H14O.C2H4O/c1-3-6-10-8-5-9-12(13)11(10)7-4-2;1-2-3-1/h3-5,8-9,13H,1-2,6-7H2;1-2H2. The smallest absolute Gasteiger partial charge is 0.119 e. The normalized spacial score (nSPS) is 12.2. The van der Waals surface area contributed by atoms with Crippen LogP contribution in [0, 0.1) is 0 Å². The Morgan fingerprint density at radius 1 is 1.19 bits per heavy atom. The van der Waals surface area contributed by atoms with Gasteiger partial charge in [0, 0.05) is 5.56 Å². The van der Waals surface area contributed by atoms with E-state index in [0.29, 0.717) is 12.2 Å². The molecule has 0 amide bonds. The average molecular weight is 218 g/mol. The van der Waals surface area contributed by atoms with Crippen LogP contribution in [0.4, 0.5) is 0 Å². The number of phenols is 1. The lowest BCUT2D eigenvalue weighted by Crippen LogP contribution is -1.91. The molecule has 0 unspecified atom stereocenters. The van der Waals surface area contributed by atoms with E-state index in [0.717, 1.165) is 30.8 Å². The second kappa shape index (κ2) is 6.85. The van der Waals surface area contributed by atoms with Crippen molar-refractivity contribution in [2.75, 3.05) is 13.2 Å². The van der Waals surface area contributed by atoms with Gasteiger partial charge in [0.2, 0.25) is 0 Å². The maximum Gasteiger partial charge on any atom is 0.119 e. The zero-order valence-corrected chi connectivity index (χ0v) is 9.48. The first-order chi connectivity index (χ1) is 7.79. The minimum atomic E-state index is 0.347. The molecular formula is C14H18O2. The van der Waals surface area contributed by atoms with Crippen molar-refractivity contribution >= 4 is 0 Å². The average Bonchev–Trinajstić information content (AvgIpc) is 3.11. The highest BCUT2D eigenvalue weighted by molar-refractivity contribution is 5.41. The molecule has 0 saturated carbocycles. The topological polar surface area (TPSA) is 32.8 Å². The van der Waals surface area contributed by atoms with Crippen molar-refractivity contribution in [1.82, 2.24) is 0 Å². The minimum absolute atomic E-state index is 0.347. The summed E-state index contributed by atoms with van der Waals surface area (Å²) >= 11 is 0. The number of benzene rings is 1. The second-order valence-corrected chi connectivity index (χ2v) is 3.51. The Balaban J connectivity index is 0.000000365. The number of ether oxygens (including phenoxy) is 1. The van der Waals surface area contributed by atoms with Gasteiger partial charge in [-0.25, -0.2) is 0 Å². The predicted octanol–water partition coefficient (Wildman–Crippen LogP) is 2.87. The Morgan fingerprint density at radius 2 is 1.81 bits per heavy atom. The van der Waals surface area contributed by atoms with Crippen molar-refractivity contribution in [2.45, 2.75) is 12.8 Å². The fourth-order valence-electron chi connectivity index (χ4n) is 1.35. The zero-order chi connectivity index (χ0) is 11.8. The van der Waals surface area contributed by atoms with Gasteiger partial charge in [0.05, 0.1) is 13.2 Å². The van der Waals surface area contributed by atoms with E-state index >= 15 is 0 Å². The summed E-state index contributed by atoms with van der Waals surface area (Å²) in [5.41, 5.74) is 2.08. The quantitative estimate of drug-likeness (QED) is 0.622. The molecule has 0 atom stereocenters. The molecule has 0 aliphatic carbocycles. The molecular weight excluding hydrogens is 200 g/mol. The molecule has 1 aliphatic heterocycles. The van der Waals surface area contributed by atoms with Crippen molar-refractivity contribution < 1.29 is 9.84 Å². The summed E-state index contributed by atoms with van der Waals surface area (Å²) in [5, 5.41) is 9.57. The first-order valence-electron chi connectivity index (χ1n) is 5.39. The van der Waals surface area contributed by atoms with E-state index in [4.69, 9.17) is 0 Å². The second-order valence-electron chi connectivity index (χ2n) is 3.51. The molecule has 1 N–H and O–H groups in total. The molecule has 1 aromatic carbocycles. The highest BCUT2D eigenvalue weighted by Crippen LogP contribution is 2.22. The fourth-order valence-corrected chi connectivity index (χ4v) is 1.35. The van der Waals surface area contributed by atoms with Crippen molar-refractivity contribution in [3.05, 3.63) is 54.6 Å². The number of aromatic hydroxyl groups is 1. The molecule has 2 nitrogen and oxygen atoms in total. The number of allylic oxidation sites excluding steroid dienone is 2. The first kappa shape index (κ1) is 12.5. The first-order valence-corrected chi connectivity index (χ1v) is 5.39. The Hall–Kier alpha value is -1.54. The van der Waals surface area contributed by atoms with Gasteiger partial charge in [0.1, 0.15) is 5.75 Å². The fraction of sp³-hybridized carbons (Fsp3) is 0.286. The van der Waals surface area contributed by atoms with E-state index in [2.05, 4.69) is 17.9 Å². The number of phenolic OH excluding ortho intramolecular Hbond substituents is 1. The van der Waals surface area contributed by atoms with Crippen LogP contribution in [0.2, 0.25) is 0 Å². The predicted molar refractivity (Wildman–Crippen MR) is 66.7 cm³/mol. The van der Waals surface area contributed by atoms with Gasteiger partial charge < -0.3 is 9.84 Å². The largest absolute Gasteiger partial charge is 0.508 e. The maximum absolute atomic E-state index is 9.57. The molecule has 0 bridgehead atoms. The van der Waals surface area contributed by atoms with Gasteiger partial charge >= 0.3 is 0 Å². The molecule has 2 rings (SSSR count). The third kappa shape index (κ3) is 4.32. The molecule has 1 saturated heterocycles. The van der Waals surface area contributed by atoms with E-state index in [1.54, 1.807) is 12.1 Å². The molecule has 1 heterocycles. The lowest BCUT2D eigenvalue weighted by Gasteiger charge is -2.07. The van der Waals surface area contributed by atoms with Crippen LogP contribution in [0.3, 0.4) is 0 Å². The summed E-state index contributed by atoms with van der Waals surface area (Å²) in [6.07, 6.45) is 5.12. The Kier molecular flexibility index (Phi) is 5.37. The van der Waals surface area contributed by atoms with Crippen molar-refractivity contribution in [3.8, 4) is 5.75 Å². The summed E-state index contributed by atoms with van der Waals surface area (Å²) in [6, 6.07) is 5.55. The molecule has 0 spiro atoms. The maximum atomic E-state index is 9.57. The van der Waals surface area contributed by atoms with Crippen molar-refractivity contribution in [2.24, 2.45) is 0 Å². The summed E-state index contributed by atoms with van der Waals surface area (Å²) in [5.74, 6) is 0.347. The highest BCUT2D eigenvalue weighted by atomic mass is 16.6. The van der Waals surface area contributed by atoms with Crippen LogP contribution in [0.15, 0.2) is 43.5 Å². The summed E-state index contributed by atoms with van der Waals surface area (Å²) in [4.78, 5) is 0. The van der Waals surface area contributed by atoms with Crippen LogP contribution in [0.1, 0.15) is 11.1 Å². The minimum Gasteiger partial charge on any atom is -0.508 e. The molecule has 0 radical (unpaired) electrons. The Morgan fingerprint density at radius 3 is 2.31 bits per heavy atom. The molecule has 16 heavy (non-hydrogen) atoms. The van der Waals surface area contributed by atoms with Crippen LogP contribution >= 0.6 is 0 Å². The molecule has 1 aliphatic rings. The van der Waals surface area contributed by atoms with E-state index in [1.807, 2.05) is 18.2 Å². The summed E-state index contributed by atoms with van der Waals surface area (Å²) in [7, 11) is 0. The van der Waals surface area contributed by atoms with Gasteiger partial charge in [-0.2, -0.15) is 0 Å². The van der Waals surface area contributed by atoms with Gasteiger partial charge in [0.15, 0.2) is 0 Å². The monoisotopic (exact) mass is 218 g/mol. The number of hydrogen-bond acceptors (Lipinski definition) is 2. The van der Waals surface area contributed by atoms with Crippen LogP contribution in [-0.2, 0) is 17.6 Å². The zero-order valence-electron chi connectivity index (χ0n) is 9.48. The lowest BCUT2D eigenvalue weighted by atomic mass is 10.0. The van der Waals surface area contributed by atoms with Crippen LogP contribution in [0.25, 0.3) is 0 Å². The van der Waals surface area contributed by atoms with Gasteiger partial charge in [0.25, 0.3) is 0 Å². The van der Waals surface area contributed by atoms with E-state index < -0.39 is 0 Å². The Bertz CT molecular complexity index is 351. The van der Waals surface area contributed by atoms with Crippen LogP contribution in [0.5, 0.6) is 5.75 Å². The van der Waals surface area contributed by atoms with Gasteiger partial charge in [-0.15, -0.1) is 13.2 Å². The lowest BCUT2D eigenvalue weighted by molar-refractivity contribution is 0.469. The van der Waals surface area contributed by atoms with E-state index in [1.165, 1.54) is 0 Å². The molecule has 86 valence electrons. The van der Waals surface area contributed by atoms with Crippen LogP contribution < -0.4 is 0 Å².